The van der Waals surface area contributed by atoms with Crippen molar-refractivity contribution in [3.05, 3.63) is 35.4 Å². The van der Waals surface area contributed by atoms with Gasteiger partial charge in [0.25, 0.3) is 0 Å². The van der Waals surface area contributed by atoms with E-state index in [4.69, 9.17) is 0 Å². The van der Waals surface area contributed by atoms with Crippen LogP contribution in [0.15, 0.2) is 24.3 Å². The minimum atomic E-state index is 0.685. The van der Waals surface area contributed by atoms with Crippen molar-refractivity contribution in [3.8, 4) is 0 Å². The monoisotopic (exact) mass is 230 g/mol. The number of fused-ring (bicyclic) bond motifs is 1. The summed E-state index contributed by atoms with van der Waals surface area (Å²) in [5, 5.41) is 3.55. The van der Waals surface area contributed by atoms with E-state index in [1.165, 1.54) is 25.8 Å². The van der Waals surface area contributed by atoms with Crippen LogP contribution in [-0.4, -0.2) is 37.6 Å². The van der Waals surface area contributed by atoms with E-state index in [0.29, 0.717) is 6.04 Å². The Bertz CT molecular complexity index is 388. The molecule has 2 nitrogen and oxygen atoms in total. The molecule has 2 atom stereocenters. The second-order valence-electron chi connectivity index (χ2n) is 5.45. The van der Waals surface area contributed by atoms with Gasteiger partial charge in [-0.15, -0.1) is 0 Å². The van der Waals surface area contributed by atoms with Crippen LogP contribution in [0.25, 0.3) is 0 Å². The fourth-order valence-corrected chi connectivity index (χ4v) is 3.47. The smallest absolute Gasteiger partial charge is 0.0286 e. The van der Waals surface area contributed by atoms with Gasteiger partial charge in [-0.2, -0.15) is 0 Å². The lowest BCUT2D eigenvalue weighted by Crippen LogP contribution is -2.52. The largest absolute Gasteiger partial charge is 0.314 e. The Hall–Kier alpha value is -0.860. The molecule has 0 saturated carbocycles. The Morgan fingerprint density at radius 2 is 2.18 bits per heavy atom. The average Bonchev–Trinajstić information content (AvgIpc) is 2.39. The maximum Gasteiger partial charge on any atom is 0.0286 e. The molecule has 1 aromatic carbocycles. The number of hydrogen-bond acceptors (Lipinski definition) is 2. The molecule has 0 aromatic heterocycles. The van der Waals surface area contributed by atoms with Crippen molar-refractivity contribution in [2.24, 2.45) is 0 Å². The van der Waals surface area contributed by atoms with E-state index in [-0.39, 0.29) is 0 Å². The fourth-order valence-electron chi connectivity index (χ4n) is 3.47. The standard InChI is InChI=1S/C15H22N2/c1-17-10-9-16-11-15(17)14-8-4-6-12-5-2-3-7-13(12)14/h2-3,5,7,14-16H,4,6,8-11H2,1H3. The van der Waals surface area contributed by atoms with E-state index in [9.17, 15) is 0 Å². The highest BCUT2D eigenvalue weighted by atomic mass is 15.2. The van der Waals surface area contributed by atoms with Crippen molar-refractivity contribution >= 4 is 0 Å². The zero-order valence-corrected chi connectivity index (χ0v) is 10.7. The van der Waals surface area contributed by atoms with Gasteiger partial charge in [0.15, 0.2) is 0 Å². The van der Waals surface area contributed by atoms with Crippen molar-refractivity contribution in [2.75, 3.05) is 26.7 Å². The zero-order chi connectivity index (χ0) is 11.7. The number of piperazine rings is 1. The van der Waals surface area contributed by atoms with Gasteiger partial charge in [0.05, 0.1) is 0 Å². The molecule has 0 bridgehead atoms. The lowest BCUT2D eigenvalue weighted by atomic mass is 9.78. The summed E-state index contributed by atoms with van der Waals surface area (Å²) in [5.41, 5.74) is 3.20. The maximum absolute atomic E-state index is 3.55. The Morgan fingerprint density at radius 3 is 3.06 bits per heavy atom. The molecule has 1 aromatic rings. The first-order valence-electron chi connectivity index (χ1n) is 6.85. The van der Waals surface area contributed by atoms with Crippen LogP contribution in [0.5, 0.6) is 0 Å². The average molecular weight is 230 g/mol. The summed E-state index contributed by atoms with van der Waals surface area (Å²) in [7, 11) is 2.28. The fraction of sp³-hybridized carbons (Fsp3) is 0.600. The normalized spacial score (nSPS) is 29.9. The van der Waals surface area contributed by atoms with Crippen LogP contribution in [0.2, 0.25) is 0 Å². The van der Waals surface area contributed by atoms with Crippen molar-refractivity contribution < 1.29 is 0 Å². The van der Waals surface area contributed by atoms with Crippen molar-refractivity contribution in [3.63, 3.8) is 0 Å². The molecule has 2 aliphatic rings. The van der Waals surface area contributed by atoms with Crippen LogP contribution in [0.3, 0.4) is 0 Å². The van der Waals surface area contributed by atoms with E-state index in [1.54, 1.807) is 11.1 Å². The SMILES string of the molecule is CN1CCNCC1C1CCCc2ccccc21. The molecule has 1 N–H and O–H groups in total. The highest BCUT2D eigenvalue weighted by molar-refractivity contribution is 5.34. The van der Waals surface area contributed by atoms with Crippen LogP contribution in [0, 0.1) is 0 Å². The molecule has 0 radical (unpaired) electrons. The highest BCUT2D eigenvalue weighted by Gasteiger charge is 2.31. The van der Waals surface area contributed by atoms with Crippen molar-refractivity contribution in [1.82, 2.24) is 10.2 Å². The van der Waals surface area contributed by atoms with Gasteiger partial charge in [0.1, 0.15) is 0 Å². The van der Waals surface area contributed by atoms with Crippen molar-refractivity contribution in [1.29, 1.82) is 0 Å². The number of likely N-dealkylation sites (N-methyl/N-ethyl adjacent to an activating group) is 1. The molecule has 1 aliphatic carbocycles. The summed E-state index contributed by atoms with van der Waals surface area (Å²) >= 11 is 0. The topological polar surface area (TPSA) is 15.3 Å². The lowest BCUT2D eigenvalue weighted by Gasteiger charge is -2.41. The van der Waals surface area contributed by atoms with Crippen LogP contribution < -0.4 is 5.32 Å². The summed E-state index contributed by atoms with van der Waals surface area (Å²) in [4.78, 5) is 2.54. The second kappa shape index (κ2) is 4.79. The van der Waals surface area contributed by atoms with E-state index in [0.717, 1.165) is 19.0 Å². The first kappa shape index (κ1) is 11.2. The predicted molar refractivity (Wildman–Crippen MR) is 71.4 cm³/mol. The molecule has 1 aliphatic heterocycles. The molecule has 92 valence electrons. The molecule has 1 heterocycles. The van der Waals surface area contributed by atoms with Gasteiger partial charge in [-0.25, -0.2) is 0 Å². The number of nitrogens with one attached hydrogen (secondary N) is 1. The lowest BCUT2D eigenvalue weighted by molar-refractivity contribution is 0.164. The summed E-state index contributed by atoms with van der Waals surface area (Å²) < 4.78 is 0. The van der Waals surface area contributed by atoms with Crippen LogP contribution in [0.1, 0.15) is 29.9 Å². The number of nitrogens with zero attached hydrogens (tertiary/aromatic N) is 1. The Morgan fingerprint density at radius 1 is 1.29 bits per heavy atom. The Kier molecular flexibility index (Phi) is 3.17. The van der Waals surface area contributed by atoms with Gasteiger partial charge < -0.3 is 10.2 Å². The third-order valence-corrected chi connectivity index (χ3v) is 4.44. The zero-order valence-electron chi connectivity index (χ0n) is 10.7. The van der Waals surface area contributed by atoms with E-state index >= 15 is 0 Å². The maximum atomic E-state index is 3.55. The third-order valence-electron chi connectivity index (χ3n) is 4.44. The van der Waals surface area contributed by atoms with Gasteiger partial charge in [0.2, 0.25) is 0 Å². The first-order valence-corrected chi connectivity index (χ1v) is 6.85. The molecule has 17 heavy (non-hydrogen) atoms. The van der Waals surface area contributed by atoms with E-state index in [2.05, 4.69) is 41.5 Å². The van der Waals surface area contributed by atoms with Gasteiger partial charge in [-0.3, -0.25) is 0 Å². The highest BCUT2D eigenvalue weighted by Crippen LogP contribution is 2.35. The van der Waals surface area contributed by atoms with Gasteiger partial charge in [-0.05, 0) is 37.4 Å². The Labute approximate surface area is 104 Å². The van der Waals surface area contributed by atoms with Crippen LogP contribution in [0.4, 0.5) is 0 Å². The number of aryl methyl sites for hydroxylation is 1. The van der Waals surface area contributed by atoms with Crippen molar-refractivity contribution in [2.45, 2.75) is 31.2 Å². The van der Waals surface area contributed by atoms with Gasteiger partial charge in [0, 0.05) is 31.6 Å². The molecule has 1 fully saturated rings. The molecule has 3 rings (SSSR count). The Balaban J connectivity index is 1.89. The van der Waals surface area contributed by atoms with Gasteiger partial charge in [-0.1, -0.05) is 24.3 Å². The summed E-state index contributed by atoms with van der Waals surface area (Å²) in [6.45, 7) is 3.47. The molecule has 2 unspecified atom stereocenters. The summed E-state index contributed by atoms with van der Waals surface area (Å²) in [6.07, 6.45) is 3.98. The third kappa shape index (κ3) is 2.12. The molecule has 1 saturated heterocycles. The number of benzene rings is 1. The van der Waals surface area contributed by atoms with E-state index < -0.39 is 0 Å². The first-order chi connectivity index (χ1) is 8.36. The molecule has 0 spiro atoms. The molecule has 0 amide bonds. The molecular formula is C15H22N2. The summed E-state index contributed by atoms with van der Waals surface area (Å²) in [5.74, 6) is 0.734. The second-order valence-corrected chi connectivity index (χ2v) is 5.45. The minimum absolute atomic E-state index is 0.685. The number of hydrogen-bond donors (Lipinski definition) is 1. The quantitative estimate of drug-likeness (QED) is 0.794. The number of rotatable bonds is 1. The molecular weight excluding hydrogens is 208 g/mol. The van der Waals surface area contributed by atoms with Crippen LogP contribution >= 0.6 is 0 Å². The van der Waals surface area contributed by atoms with Crippen LogP contribution in [-0.2, 0) is 6.42 Å². The minimum Gasteiger partial charge on any atom is -0.314 e. The van der Waals surface area contributed by atoms with Gasteiger partial charge >= 0.3 is 0 Å². The van der Waals surface area contributed by atoms with E-state index in [1.807, 2.05) is 0 Å². The molecule has 2 heteroatoms. The predicted octanol–water partition coefficient (Wildman–Crippen LogP) is 2.01. The summed E-state index contributed by atoms with van der Waals surface area (Å²) in [6, 6.07) is 9.74.